The molecule has 0 aliphatic carbocycles. The Morgan fingerprint density at radius 2 is 2.11 bits per heavy atom. The molecule has 1 fully saturated rings. The normalized spacial score (nSPS) is 24.5. The summed E-state index contributed by atoms with van der Waals surface area (Å²) in [5, 5.41) is 0. The number of anilines is 1. The van der Waals surface area contributed by atoms with Crippen LogP contribution >= 0.6 is 0 Å². The van der Waals surface area contributed by atoms with E-state index >= 15 is 0 Å². The molecule has 0 bridgehead atoms. The molecule has 1 aromatic heterocycles. The highest BCUT2D eigenvalue weighted by Crippen LogP contribution is 2.29. The summed E-state index contributed by atoms with van der Waals surface area (Å²) in [5.74, 6) is 2.63. The van der Waals surface area contributed by atoms with Crippen LogP contribution in [0.4, 0.5) is 5.69 Å². The molecule has 2 aromatic rings. The van der Waals surface area contributed by atoms with Crippen molar-refractivity contribution in [3.63, 3.8) is 0 Å². The number of nitrogen functional groups attached to an aromatic ring is 1. The van der Waals surface area contributed by atoms with Crippen molar-refractivity contribution in [3.8, 4) is 0 Å². The summed E-state index contributed by atoms with van der Waals surface area (Å²) in [6, 6.07) is 6.30. The zero-order valence-corrected chi connectivity index (χ0v) is 11.2. The maximum Gasteiger partial charge on any atom is 0.106 e. The molecule has 96 valence electrons. The van der Waals surface area contributed by atoms with E-state index in [4.69, 9.17) is 5.73 Å². The standard InChI is InChI=1S/C13H17N3OS/c1-9-15-12-8-10(14)2-3-13(12)16(9)11-4-6-18(17)7-5-11/h2-3,8,11H,4-7,14H2,1H3. The molecule has 1 saturated heterocycles. The van der Waals surface area contributed by atoms with Gasteiger partial charge in [0.05, 0.1) is 11.0 Å². The van der Waals surface area contributed by atoms with Gasteiger partial charge < -0.3 is 10.3 Å². The van der Waals surface area contributed by atoms with E-state index in [1.807, 2.05) is 25.1 Å². The van der Waals surface area contributed by atoms with Crippen molar-refractivity contribution < 1.29 is 4.21 Å². The average Bonchev–Trinajstić information content (AvgIpc) is 2.65. The van der Waals surface area contributed by atoms with Gasteiger partial charge in [-0.3, -0.25) is 4.21 Å². The summed E-state index contributed by atoms with van der Waals surface area (Å²) in [4.78, 5) is 4.58. The molecular formula is C13H17N3OS. The molecule has 2 N–H and O–H groups in total. The third-order valence-electron chi connectivity index (χ3n) is 3.61. The maximum absolute atomic E-state index is 11.4. The Labute approximate surface area is 109 Å². The third-order valence-corrected chi connectivity index (χ3v) is 4.99. The summed E-state index contributed by atoms with van der Waals surface area (Å²) in [6.07, 6.45) is 1.95. The van der Waals surface area contributed by atoms with Crippen molar-refractivity contribution in [2.75, 3.05) is 17.2 Å². The Kier molecular flexibility index (Phi) is 2.86. The van der Waals surface area contributed by atoms with Gasteiger partial charge in [0.15, 0.2) is 0 Å². The molecule has 1 aromatic carbocycles. The van der Waals surface area contributed by atoms with Crippen LogP contribution in [0, 0.1) is 6.92 Å². The summed E-state index contributed by atoms with van der Waals surface area (Å²) in [5.41, 5.74) is 8.63. The predicted octanol–water partition coefficient (Wildman–Crippen LogP) is 2.01. The molecule has 0 unspecified atom stereocenters. The van der Waals surface area contributed by atoms with E-state index in [1.54, 1.807) is 0 Å². The zero-order chi connectivity index (χ0) is 12.7. The number of aryl methyl sites for hydroxylation is 1. The highest BCUT2D eigenvalue weighted by molar-refractivity contribution is 7.85. The van der Waals surface area contributed by atoms with Crippen molar-refractivity contribution in [2.45, 2.75) is 25.8 Å². The Morgan fingerprint density at radius 1 is 1.39 bits per heavy atom. The van der Waals surface area contributed by atoms with E-state index in [-0.39, 0.29) is 0 Å². The van der Waals surface area contributed by atoms with Gasteiger partial charge in [0, 0.05) is 34.0 Å². The number of imidazole rings is 1. The summed E-state index contributed by atoms with van der Waals surface area (Å²) >= 11 is 0. The number of aromatic nitrogens is 2. The molecule has 0 radical (unpaired) electrons. The Morgan fingerprint density at radius 3 is 2.83 bits per heavy atom. The fourth-order valence-corrected chi connectivity index (χ4v) is 4.01. The minimum absolute atomic E-state index is 0.427. The van der Waals surface area contributed by atoms with Gasteiger partial charge in [0.1, 0.15) is 5.82 Å². The van der Waals surface area contributed by atoms with Crippen LogP contribution in [0.5, 0.6) is 0 Å². The van der Waals surface area contributed by atoms with Crippen molar-refractivity contribution in [1.82, 2.24) is 9.55 Å². The molecule has 4 nitrogen and oxygen atoms in total. The van der Waals surface area contributed by atoms with Gasteiger partial charge in [-0.15, -0.1) is 0 Å². The molecule has 0 saturated carbocycles. The van der Waals surface area contributed by atoms with Crippen LogP contribution in [-0.4, -0.2) is 25.3 Å². The fraction of sp³-hybridized carbons (Fsp3) is 0.462. The third kappa shape index (κ3) is 1.92. The van der Waals surface area contributed by atoms with Crippen molar-refractivity contribution >= 4 is 27.5 Å². The largest absolute Gasteiger partial charge is 0.399 e. The summed E-state index contributed by atoms with van der Waals surface area (Å²) in [7, 11) is -0.620. The van der Waals surface area contributed by atoms with Crippen LogP contribution in [-0.2, 0) is 10.8 Å². The van der Waals surface area contributed by atoms with Crippen molar-refractivity contribution in [2.24, 2.45) is 0 Å². The van der Waals surface area contributed by atoms with E-state index in [0.717, 1.165) is 46.9 Å². The van der Waals surface area contributed by atoms with Crippen LogP contribution < -0.4 is 5.73 Å². The quantitative estimate of drug-likeness (QED) is 0.801. The minimum atomic E-state index is -0.620. The zero-order valence-electron chi connectivity index (χ0n) is 10.4. The van der Waals surface area contributed by atoms with E-state index in [2.05, 4.69) is 9.55 Å². The van der Waals surface area contributed by atoms with Gasteiger partial charge in [-0.05, 0) is 38.0 Å². The number of benzene rings is 1. The average molecular weight is 263 g/mol. The first kappa shape index (κ1) is 11.7. The second-order valence-corrected chi connectivity index (χ2v) is 6.55. The van der Waals surface area contributed by atoms with Gasteiger partial charge in [-0.1, -0.05) is 0 Å². The van der Waals surface area contributed by atoms with E-state index in [1.165, 1.54) is 0 Å². The van der Waals surface area contributed by atoms with Gasteiger partial charge in [0.2, 0.25) is 0 Å². The number of fused-ring (bicyclic) bond motifs is 1. The van der Waals surface area contributed by atoms with Crippen LogP contribution in [0.2, 0.25) is 0 Å². The highest BCUT2D eigenvalue weighted by Gasteiger charge is 2.22. The molecule has 3 rings (SSSR count). The van der Waals surface area contributed by atoms with Crippen LogP contribution in [0.3, 0.4) is 0 Å². The Bertz CT molecular complexity index is 610. The molecule has 0 atom stereocenters. The van der Waals surface area contributed by atoms with E-state index in [9.17, 15) is 4.21 Å². The fourth-order valence-electron chi connectivity index (χ4n) is 2.74. The second kappa shape index (κ2) is 4.39. The topological polar surface area (TPSA) is 60.9 Å². The lowest BCUT2D eigenvalue weighted by Gasteiger charge is -2.24. The smallest absolute Gasteiger partial charge is 0.106 e. The minimum Gasteiger partial charge on any atom is -0.399 e. The van der Waals surface area contributed by atoms with Gasteiger partial charge in [-0.2, -0.15) is 0 Å². The monoisotopic (exact) mass is 263 g/mol. The molecule has 18 heavy (non-hydrogen) atoms. The van der Waals surface area contributed by atoms with E-state index in [0.29, 0.717) is 6.04 Å². The number of nitrogens with zero attached hydrogens (tertiary/aromatic N) is 2. The SMILES string of the molecule is Cc1nc2cc(N)ccc2n1C1CCS(=O)CC1. The predicted molar refractivity (Wildman–Crippen MR) is 75.0 cm³/mol. The lowest BCUT2D eigenvalue weighted by Crippen LogP contribution is -2.22. The molecule has 2 heterocycles. The van der Waals surface area contributed by atoms with Crippen molar-refractivity contribution in [3.05, 3.63) is 24.0 Å². The van der Waals surface area contributed by atoms with Crippen molar-refractivity contribution in [1.29, 1.82) is 0 Å². The van der Waals surface area contributed by atoms with Crippen LogP contribution in [0.1, 0.15) is 24.7 Å². The Balaban J connectivity index is 2.05. The van der Waals surface area contributed by atoms with E-state index < -0.39 is 10.8 Å². The number of hydrogen-bond acceptors (Lipinski definition) is 3. The van der Waals surface area contributed by atoms with Crippen LogP contribution in [0.25, 0.3) is 11.0 Å². The molecule has 0 spiro atoms. The first-order chi connectivity index (χ1) is 8.65. The lowest BCUT2D eigenvalue weighted by atomic mass is 10.1. The molecular weight excluding hydrogens is 246 g/mol. The van der Waals surface area contributed by atoms with Gasteiger partial charge >= 0.3 is 0 Å². The van der Waals surface area contributed by atoms with Gasteiger partial charge in [-0.25, -0.2) is 4.98 Å². The maximum atomic E-state index is 11.4. The molecule has 5 heteroatoms. The summed E-state index contributed by atoms with van der Waals surface area (Å²) in [6.45, 7) is 2.03. The number of nitrogens with two attached hydrogens (primary N) is 1. The first-order valence-corrected chi connectivity index (χ1v) is 7.73. The number of hydrogen-bond donors (Lipinski definition) is 1. The highest BCUT2D eigenvalue weighted by atomic mass is 32.2. The summed E-state index contributed by atoms with van der Waals surface area (Å²) < 4.78 is 13.7. The van der Waals surface area contributed by atoms with Gasteiger partial charge in [0.25, 0.3) is 0 Å². The second-order valence-electron chi connectivity index (χ2n) is 4.86. The number of rotatable bonds is 1. The lowest BCUT2D eigenvalue weighted by molar-refractivity contribution is 0.464. The van der Waals surface area contributed by atoms with Crippen LogP contribution in [0.15, 0.2) is 18.2 Å². The molecule has 1 aliphatic rings. The first-order valence-electron chi connectivity index (χ1n) is 6.24. The molecule has 0 amide bonds. The Hall–Kier alpha value is -1.36. The molecule has 1 aliphatic heterocycles.